The summed E-state index contributed by atoms with van der Waals surface area (Å²) in [5.41, 5.74) is -0.162. The van der Waals surface area contributed by atoms with E-state index in [9.17, 15) is 9.59 Å². The summed E-state index contributed by atoms with van der Waals surface area (Å²) in [6.45, 7) is 15.6. The molecule has 0 saturated carbocycles. The third-order valence-electron chi connectivity index (χ3n) is 6.75. The lowest BCUT2D eigenvalue weighted by molar-refractivity contribution is -0.159. The molecule has 5 nitrogen and oxygen atoms in total. The van der Waals surface area contributed by atoms with E-state index in [-0.39, 0.29) is 16.6 Å². The van der Waals surface area contributed by atoms with Crippen molar-refractivity contribution >= 4 is 20.3 Å². The topological polar surface area (TPSA) is 61.8 Å². The van der Waals surface area contributed by atoms with Gasteiger partial charge in [-0.05, 0) is 48.7 Å². The van der Waals surface area contributed by atoms with Crippen molar-refractivity contribution in [3.63, 3.8) is 0 Å². The monoisotopic (exact) mass is 398 g/mol. The Kier molecular flexibility index (Phi) is 7.88. The molecule has 0 aromatic carbocycles. The average molecular weight is 399 g/mol. The van der Waals surface area contributed by atoms with Gasteiger partial charge in [0, 0.05) is 0 Å². The summed E-state index contributed by atoms with van der Waals surface area (Å²) >= 11 is 0. The molecule has 6 heteroatoms. The van der Waals surface area contributed by atoms with Crippen LogP contribution >= 0.6 is 0 Å². The highest BCUT2D eigenvalue weighted by Crippen LogP contribution is 2.47. The molecule has 1 rings (SSSR count). The number of carbonyl (C=O) groups excluding carboxylic acids is 2. The summed E-state index contributed by atoms with van der Waals surface area (Å²) in [5, 5.41) is 0.114. The Labute approximate surface area is 166 Å². The van der Waals surface area contributed by atoms with E-state index in [1.165, 1.54) is 14.2 Å². The number of carbonyl (C=O) groups is 2. The number of allylic oxidation sites excluding steroid dienone is 1. The third kappa shape index (κ3) is 5.44. The van der Waals surface area contributed by atoms with Gasteiger partial charge in [0.25, 0.3) is 0 Å². The maximum atomic E-state index is 12.1. The van der Waals surface area contributed by atoms with Crippen LogP contribution in [0.4, 0.5) is 0 Å². The predicted octanol–water partition coefficient (Wildman–Crippen LogP) is 4.72. The first-order valence-corrected chi connectivity index (χ1v) is 12.7. The molecule has 1 aliphatic carbocycles. The van der Waals surface area contributed by atoms with Gasteiger partial charge in [0.15, 0.2) is 14.2 Å². The summed E-state index contributed by atoms with van der Waals surface area (Å²) < 4.78 is 16.4. The molecular weight excluding hydrogens is 360 g/mol. The molecule has 0 radical (unpaired) electrons. The number of methoxy groups -OCH3 is 2. The van der Waals surface area contributed by atoms with Crippen LogP contribution in [-0.2, 0) is 23.5 Å². The fourth-order valence-corrected chi connectivity index (χ4v) is 4.64. The van der Waals surface area contributed by atoms with E-state index >= 15 is 0 Å². The van der Waals surface area contributed by atoms with Gasteiger partial charge in [-0.25, -0.2) is 0 Å². The van der Waals surface area contributed by atoms with Crippen molar-refractivity contribution in [2.75, 3.05) is 14.2 Å². The van der Waals surface area contributed by atoms with E-state index in [0.29, 0.717) is 18.8 Å². The second-order valence-electron chi connectivity index (χ2n) is 9.51. The fraction of sp³-hybridized carbons (Fsp3) is 0.810. The van der Waals surface area contributed by atoms with Crippen LogP contribution in [0.15, 0.2) is 12.2 Å². The standard InChI is InChI=1S/C21H38O5Si/c1-15-11-10-12-17(26-27(8,9)20(2,3)4)21(15,5)14-13-16(18(22)24-6)19(23)25-7/h10,12,15-17H,11,13-14H2,1-9H3/t15-,17?,21+/m1/s1. The van der Waals surface area contributed by atoms with E-state index in [2.05, 4.69) is 59.9 Å². The minimum absolute atomic E-state index is 0.0296. The van der Waals surface area contributed by atoms with Crippen LogP contribution in [0.25, 0.3) is 0 Å². The highest BCUT2D eigenvalue weighted by atomic mass is 28.4. The molecule has 0 N–H and O–H groups in total. The van der Waals surface area contributed by atoms with E-state index < -0.39 is 26.2 Å². The van der Waals surface area contributed by atoms with Gasteiger partial charge in [0.2, 0.25) is 0 Å². The zero-order valence-electron chi connectivity index (χ0n) is 18.5. The number of hydrogen-bond donors (Lipinski definition) is 0. The lowest BCUT2D eigenvalue weighted by Crippen LogP contribution is -2.50. The van der Waals surface area contributed by atoms with Crippen LogP contribution in [0.5, 0.6) is 0 Å². The summed E-state index contributed by atoms with van der Waals surface area (Å²) in [7, 11) is 0.643. The number of hydrogen-bond acceptors (Lipinski definition) is 5. The van der Waals surface area contributed by atoms with Crippen molar-refractivity contribution in [2.24, 2.45) is 17.3 Å². The predicted molar refractivity (Wildman–Crippen MR) is 110 cm³/mol. The first kappa shape index (κ1) is 23.9. The van der Waals surface area contributed by atoms with Crippen LogP contribution in [0.2, 0.25) is 18.1 Å². The lowest BCUT2D eigenvalue weighted by atomic mass is 9.66. The Bertz CT molecular complexity index is 547. The molecule has 0 saturated heterocycles. The summed E-state index contributed by atoms with van der Waals surface area (Å²) in [4.78, 5) is 24.1. The first-order chi connectivity index (χ1) is 12.3. The second-order valence-corrected chi connectivity index (χ2v) is 14.3. The Morgan fingerprint density at radius 2 is 1.70 bits per heavy atom. The number of ether oxygens (including phenoxy) is 2. The van der Waals surface area contributed by atoms with Gasteiger partial charge in [-0.3, -0.25) is 9.59 Å². The van der Waals surface area contributed by atoms with Crippen LogP contribution in [0.3, 0.4) is 0 Å². The van der Waals surface area contributed by atoms with Crippen LogP contribution in [-0.4, -0.2) is 40.6 Å². The van der Waals surface area contributed by atoms with Crippen molar-refractivity contribution in [1.82, 2.24) is 0 Å². The smallest absolute Gasteiger partial charge is 0.320 e. The van der Waals surface area contributed by atoms with E-state index in [0.717, 1.165) is 6.42 Å². The fourth-order valence-electron chi connectivity index (χ4n) is 3.30. The molecule has 156 valence electrons. The van der Waals surface area contributed by atoms with E-state index in [1.54, 1.807) is 0 Å². The van der Waals surface area contributed by atoms with Crippen molar-refractivity contribution in [1.29, 1.82) is 0 Å². The molecular formula is C21H38O5Si. The minimum Gasteiger partial charge on any atom is -0.468 e. The molecule has 0 heterocycles. The Hall–Kier alpha value is -1.14. The van der Waals surface area contributed by atoms with Crippen LogP contribution in [0.1, 0.15) is 53.9 Å². The quantitative estimate of drug-likeness (QED) is 0.269. The minimum atomic E-state index is -1.96. The molecule has 0 bridgehead atoms. The van der Waals surface area contributed by atoms with Crippen LogP contribution in [0, 0.1) is 17.3 Å². The molecule has 27 heavy (non-hydrogen) atoms. The molecule has 0 fully saturated rings. The maximum Gasteiger partial charge on any atom is 0.320 e. The summed E-state index contributed by atoms with van der Waals surface area (Å²) in [5.74, 6) is -1.57. The van der Waals surface area contributed by atoms with Gasteiger partial charge < -0.3 is 13.9 Å². The largest absolute Gasteiger partial charge is 0.468 e. The highest BCUT2D eigenvalue weighted by Gasteiger charge is 2.47. The normalized spacial score (nSPS) is 26.1. The second kappa shape index (κ2) is 8.91. The van der Waals surface area contributed by atoms with Gasteiger partial charge in [-0.1, -0.05) is 46.8 Å². The van der Waals surface area contributed by atoms with Gasteiger partial charge >= 0.3 is 11.9 Å². The molecule has 1 unspecified atom stereocenters. The van der Waals surface area contributed by atoms with Gasteiger partial charge in [-0.15, -0.1) is 0 Å². The molecule has 0 aromatic rings. The van der Waals surface area contributed by atoms with Gasteiger partial charge in [0.05, 0.1) is 20.3 Å². The van der Waals surface area contributed by atoms with Crippen molar-refractivity contribution in [2.45, 2.75) is 78.1 Å². The lowest BCUT2D eigenvalue weighted by Gasteiger charge is -2.49. The average Bonchev–Trinajstić information content (AvgIpc) is 2.57. The molecule has 0 aliphatic heterocycles. The zero-order chi connectivity index (χ0) is 21.0. The van der Waals surface area contributed by atoms with Crippen molar-refractivity contribution < 1.29 is 23.5 Å². The Balaban J connectivity index is 3.06. The number of rotatable bonds is 7. The zero-order valence-corrected chi connectivity index (χ0v) is 19.5. The molecule has 0 amide bonds. The summed E-state index contributed by atoms with van der Waals surface area (Å²) in [6.07, 6.45) is 6.39. The Morgan fingerprint density at radius 3 is 2.15 bits per heavy atom. The molecule has 0 spiro atoms. The molecule has 1 aliphatic rings. The van der Waals surface area contributed by atoms with Crippen molar-refractivity contribution in [3.05, 3.63) is 12.2 Å². The van der Waals surface area contributed by atoms with Crippen LogP contribution < -0.4 is 0 Å². The van der Waals surface area contributed by atoms with E-state index in [4.69, 9.17) is 13.9 Å². The SMILES string of the molecule is COC(=O)C(CC[C@]1(C)C(O[Si](C)(C)C(C)(C)C)C=CC[C@H]1C)C(=O)OC. The molecule has 3 atom stereocenters. The maximum absolute atomic E-state index is 12.1. The summed E-state index contributed by atoms with van der Waals surface area (Å²) in [6, 6.07) is 0. The Morgan fingerprint density at radius 1 is 1.19 bits per heavy atom. The number of esters is 2. The van der Waals surface area contributed by atoms with Gasteiger partial charge in [0.1, 0.15) is 0 Å². The first-order valence-electron chi connectivity index (χ1n) is 9.80. The van der Waals surface area contributed by atoms with Crippen molar-refractivity contribution in [3.8, 4) is 0 Å². The highest BCUT2D eigenvalue weighted by molar-refractivity contribution is 6.74. The third-order valence-corrected chi connectivity index (χ3v) is 11.2. The van der Waals surface area contributed by atoms with Gasteiger partial charge in [-0.2, -0.15) is 0 Å². The molecule has 0 aromatic heterocycles. The van der Waals surface area contributed by atoms with E-state index in [1.807, 2.05) is 0 Å².